The summed E-state index contributed by atoms with van der Waals surface area (Å²) in [6.45, 7) is 9.22. The molecule has 0 bridgehead atoms. The third-order valence-electron chi connectivity index (χ3n) is 4.90. The predicted molar refractivity (Wildman–Crippen MR) is 108 cm³/mol. The first-order valence-corrected chi connectivity index (χ1v) is 10.5. The van der Waals surface area contributed by atoms with Gasteiger partial charge in [-0.25, -0.2) is 4.98 Å². The SMILES string of the molecule is CC[C@@H](C)n1c(SCC(=O)N2C[C@@H](C)O[C@@H](C)C2)nc2ccccc2c1=O. The molecule has 0 radical (unpaired) electrons. The normalized spacial score (nSPS) is 21.4. The van der Waals surface area contributed by atoms with Gasteiger partial charge in [-0.3, -0.25) is 14.2 Å². The van der Waals surface area contributed by atoms with Crippen molar-refractivity contribution in [3.8, 4) is 0 Å². The Balaban J connectivity index is 1.85. The highest BCUT2D eigenvalue weighted by atomic mass is 32.2. The van der Waals surface area contributed by atoms with Crippen LogP contribution in [-0.4, -0.2) is 51.4 Å². The number of amides is 1. The summed E-state index contributed by atoms with van der Waals surface area (Å²) in [7, 11) is 0. The van der Waals surface area contributed by atoms with Crippen LogP contribution in [0, 0.1) is 0 Å². The van der Waals surface area contributed by atoms with Crippen LogP contribution in [0.25, 0.3) is 10.9 Å². The number of rotatable bonds is 5. The lowest BCUT2D eigenvalue weighted by atomic mass is 10.2. The van der Waals surface area contributed by atoms with Gasteiger partial charge in [-0.1, -0.05) is 30.8 Å². The first-order chi connectivity index (χ1) is 12.9. The minimum absolute atomic E-state index is 0.0237. The summed E-state index contributed by atoms with van der Waals surface area (Å²) in [5, 5.41) is 1.22. The molecule has 1 aliphatic rings. The molecule has 1 amide bonds. The van der Waals surface area contributed by atoms with Crippen LogP contribution in [-0.2, 0) is 9.53 Å². The molecule has 2 heterocycles. The third kappa shape index (κ3) is 4.35. The number of benzene rings is 1. The van der Waals surface area contributed by atoms with Crippen LogP contribution in [0.2, 0.25) is 0 Å². The van der Waals surface area contributed by atoms with Crippen LogP contribution >= 0.6 is 11.8 Å². The van der Waals surface area contributed by atoms with Gasteiger partial charge in [0, 0.05) is 19.1 Å². The van der Waals surface area contributed by atoms with Crippen molar-refractivity contribution in [2.45, 2.75) is 57.5 Å². The van der Waals surface area contributed by atoms with E-state index in [9.17, 15) is 9.59 Å². The number of carbonyl (C=O) groups excluding carboxylic acids is 1. The second-order valence-electron chi connectivity index (χ2n) is 7.19. The van der Waals surface area contributed by atoms with Gasteiger partial charge >= 0.3 is 0 Å². The van der Waals surface area contributed by atoms with E-state index in [1.807, 2.05) is 50.8 Å². The molecule has 0 unspecified atom stereocenters. The van der Waals surface area contributed by atoms with Crippen molar-refractivity contribution < 1.29 is 9.53 Å². The van der Waals surface area contributed by atoms with E-state index in [0.29, 0.717) is 29.1 Å². The molecule has 27 heavy (non-hydrogen) atoms. The smallest absolute Gasteiger partial charge is 0.262 e. The maximum absolute atomic E-state index is 13.0. The van der Waals surface area contributed by atoms with Gasteiger partial charge < -0.3 is 9.64 Å². The Kier molecular flexibility index (Phi) is 6.22. The van der Waals surface area contributed by atoms with Crippen LogP contribution in [0.4, 0.5) is 0 Å². The van der Waals surface area contributed by atoms with Crippen LogP contribution in [0.15, 0.2) is 34.2 Å². The molecular weight excluding hydrogens is 362 g/mol. The molecule has 1 aromatic carbocycles. The number of fused-ring (bicyclic) bond motifs is 1. The molecule has 6 nitrogen and oxygen atoms in total. The largest absolute Gasteiger partial charge is 0.372 e. The second-order valence-corrected chi connectivity index (χ2v) is 8.13. The molecule has 0 aliphatic carbocycles. The number of nitrogens with zero attached hydrogens (tertiary/aromatic N) is 3. The maximum atomic E-state index is 13.0. The topological polar surface area (TPSA) is 64.4 Å². The quantitative estimate of drug-likeness (QED) is 0.581. The molecule has 1 aliphatic heterocycles. The van der Waals surface area contributed by atoms with Gasteiger partial charge in [0.25, 0.3) is 5.56 Å². The number of carbonyl (C=O) groups is 1. The average molecular weight is 390 g/mol. The zero-order valence-corrected chi connectivity index (χ0v) is 17.2. The van der Waals surface area contributed by atoms with Gasteiger partial charge in [0.15, 0.2) is 5.16 Å². The Morgan fingerprint density at radius 2 is 1.96 bits per heavy atom. The molecule has 3 rings (SSSR count). The Labute approximate surface area is 163 Å². The van der Waals surface area contributed by atoms with Crippen molar-refractivity contribution in [2.75, 3.05) is 18.8 Å². The van der Waals surface area contributed by atoms with Gasteiger partial charge in [0.1, 0.15) is 0 Å². The summed E-state index contributed by atoms with van der Waals surface area (Å²) in [6.07, 6.45) is 0.902. The van der Waals surface area contributed by atoms with E-state index >= 15 is 0 Å². The molecule has 146 valence electrons. The number of aromatic nitrogens is 2. The molecular formula is C20H27N3O3S. The third-order valence-corrected chi connectivity index (χ3v) is 5.84. The van der Waals surface area contributed by atoms with Crippen LogP contribution < -0.4 is 5.56 Å². The van der Waals surface area contributed by atoms with Crippen molar-refractivity contribution in [1.29, 1.82) is 0 Å². The van der Waals surface area contributed by atoms with Crippen LogP contribution in [0.3, 0.4) is 0 Å². The first kappa shape index (κ1) is 19.9. The lowest BCUT2D eigenvalue weighted by Crippen LogP contribution is -2.48. The summed E-state index contributed by atoms with van der Waals surface area (Å²) in [6, 6.07) is 7.40. The molecule has 0 saturated carbocycles. The molecule has 1 fully saturated rings. The highest BCUT2D eigenvalue weighted by Crippen LogP contribution is 2.23. The van der Waals surface area contributed by atoms with Crippen molar-refractivity contribution >= 4 is 28.6 Å². The Morgan fingerprint density at radius 3 is 2.63 bits per heavy atom. The fraction of sp³-hybridized carbons (Fsp3) is 0.550. The van der Waals surface area contributed by atoms with E-state index in [-0.39, 0.29) is 35.5 Å². The van der Waals surface area contributed by atoms with Crippen molar-refractivity contribution in [2.24, 2.45) is 0 Å². The molecule has 0 N–H and O–H groups in total. The Hall–Kier alpha value is -1.86. The number of morpholine rings is 1. The summed E-state index contributed by atoms with van der Waals surface area (Å²) < 4.78 is 7.43. The average Bonchev–Trinajstić information content (AvgIpc) is 2.65. The van der Waals surface area contributed by atoms with Crippen LogP contribution in [0.5, 0.6) is 0 Å². The summed E-state index contributed by atoms with van der Waals surface area (Å²) in [4.78, 5) is 32.2. The second kappa shape index (κ2) is 8.44. The highest BCUT2D eigenvalue weighted by molar-refractivity contribution is 7.99. The first-order valence-electron chi connectivity index (χ1n) is 9.48. The van der Waals surface area contributed by atoms with E-state index in [4.69, 9.17) is 4.74 Å². The molecule has 1 saturated heterocycles. The van der Waals surface area contributed by atoms with Crippen LogP contribution in [0.1, 0.15) is 40.2 Å². The minimum Gasteiger partial charge on any atom is -0.372 e. The van der Waals surface area contributed by atoms with E-state index in [2.05, 4.69) is 4.98 Å². The van der Waals surface area contributed by atoms with Gasteiger partial charge in [-0.15, -0.1) is 0 Å². The molecule has 7 heteroatoms. The predicted octanol–water partition coefficient (Wildman–Crippen LogP) is 3.10. The number of hydrogen-bond donors (Lipinski definition) is 0. The van der Waals surface area contributed by atoms with Gasteiger partial charge in [0.05, 0.1) is 28.9 Å². The van der Waals surface area contributed by atoms with E-state index in [1.165, 1.54) is 11.8 Å². The Morgan fingerprint density at radius 1 is 1.30 bits per heavy atom. The summed E-state index contributed by atoms with van der Waals surface area (Å²) >= 11 is 1.34. The zero-order chi connectivity index (χ0) is 19.6. The number of thioether (sulfide) groups is 1. The molecule has 1 aromatic heterocycles. The number of ether oxygens (including phenoxy) is 1. The van der Waals surface area contributed by atoms with Gasteiger partial charge in [-0.2, -0.15) is 0 Å². The summed E-state index contributed by atoms with van der Waals surface area (Å²) in [5.41, 5.74) is 0.629. The lowest BCUT2D eigenvalue weighted by Gasteiger charge is -2.35. The lowest BCUT2D eigenvalue weighted by molar-refractivity contribution is -0.140. The highest BCUT2D eigenvalue weighted by Gasteiger charge is 2.26. The van der Waals surface area contributed by atoms with E-state index in [1.54, 1.807) is 10.6 Å². The minimum atomic E-state index is -0.0430. The maximum Gasteiger partial charge on any atom is 0.262 e. The van der Waals surface area contributed by atoms with E-state index < -0.39 is 0 Å². The fourth-order valence-corrected chi connectivity index (χ4v) is 4.40. The standard InChI is InChI=1S/C20H27N3O3S/c1-5-13(2)23-19(25)16-8-6-7-9-17(16)21-20(23)27-12-18(24)22-10-14(3)26-15(4)11-22/h6-9,13-15H,5,10-12H2,1-4H3/t13-,14-,15+/m1/s1. The zero-order valence-electron chi connectivity index (χ0n) is 16.3. The molecule has 0 spiro atoms. The van der Waals surface area contributed by atoms with E-state index in [0.717, 1.165) is 6.42 Å². The number of hydrogen-bond acceptors (Lipinski definition) is 5. The van der Waals surface area contributed by atoms with Crippen molar-refractivity contribution in [1.82, 2.24) is 14.5 Å². The van der Waals surface area contributed by atoms with Gasteiger partial charge in [0.2, 0.25) is 5.91 Å². The van der Waals surface area contributed by atoms with Crippen molar-refractivity contribution in [3.05, 3.63) is 34.6 Å². The summed E-state index contributed by atoms with van der Waals surface area (Å²) in [5.74, 6) is 0.320. The van der Waals surface area contributed by atoms with Gasteiger partial charge in [-0.05, 0) is 39.3 Å². The Bertz CT molecular complexity index is 872. The number of para-hydroxylation sites is 1. The van der Waals surface area contributed by atoms with Crippen molar-refractivity contribution in [3.63, 3.8) is 0 Å². The fourth-order valence-electron chi connectivity index (χ4n) is 3.40. The monoisotopic (exact) mass is 389 g/mol. The molecule has 2 aromatic rings. The molecule has 3 atom stereocenters.